The molecule has 1 amide bonds. The Morgan fingerprint density at radius 1 is 1.28 bits per heavy atom. The van der Waals surface area contributed by atoms with Crippen molar-refractivity contribution < 1.29 is 4.79 Å². The summed E-state index contributed by atoms with van der Waals surface area (Å²) in [7, 11) is 1.70. The number of carbonyl (C=O) groups excluding carboxylic acids is 1. The quantitative estimate of drug-likeness (QED) is 0.883. The third-order valence-electron chi connectivity index (χ3n) is 2.13. The lowest BCUT2D eigenvalue weighted by molar-refractivity contribution is 0.102. The number of anilines is 2. The molecule has 0 aliphatic carbocycles. The molecular formula is C11H10ClN5O. The molecule has 2 N–H and O–H groups in total. The van der Waals surface area contributed by atoms with Crippen molar-refractivity contribution in [2.75, 3.05) is 17.7 Å². The van der Waals surface area contributed by atoms with E-state index in [1.807, 2.05) is 0 Å². The van der Waals surface area contributed by atoms with E-state index in [1.54, 1.807) is 13.1 Å². The van der Waals surface area contributed by atoms with Crippen molar-refractivity contribution >= 4 is 29.3 Å². The van der Waals surface area contributed by atoms with Crippen LogP contribution in [0.1, 0.15) is 10.4 Å². The molecule has 0 unspecified atom stereocenters. The van der Waals surface area contributed by atoms with Gasteiger partial charge in [-0.3, -0.25) is 10.1 Å². The maximum Gasteiger partial charge on any atom is 0.259 e. The molecular weight excluding hydrogens is 254 g/mol. The Balaban J connectivity index is 2.17. The first-order valence-electron chi connectivity index (χ1n) is 5.12. The Kier molecular flexibility index (Phi) is 3.69. The molecule has 0 saturated heterocycles. The van der Waals surface area contributed by atoms with Crippen molar-refractivity contribution in [1.29, 1.82) is 0 Å². The van der Waals surface area contributed by atoms with Crippen LogP contribution >= 0.6 is 11.6 Å². The largest absolute Gasteiger partial charge is 0.372 e. The van der Waals surface area contributed by atoms with Crippen molar-refractivity contribution in [2.24, 2.45) is 0 Å². The summed E-state index contributed by atoms with van der Waals surface area (Å²) in [6.07, 6.45) is 4.51. The fourth-order valence-corrected chi connectivity index (χ4v) is 1.54. The molecule has 2 aromatic rings. The molecule has 92 valence electrons. The number of pyridine rings is 1. The SMILES string of the molecule is CNc1ncc(C(=O)Nc2ncccn2)cc1Cl. The van der Waals surface area contributed by atoms with Gasteiger partial charge >= 0.3 is 0 Å². The van der Waals surface area contributed by atoms with E-state index in [-0.39, 0.29) is 11.9 Å². The first-order valence-corrected chi connectivity index (χ1v) is 5.50. The summed E-state index contributed by atoms with van der Waals surface area (Å²) >= 11 is 5.94. The first-order chi connectivity index (χ1) is 8.70. The fourth-order valence-electron chi connectivity index (χ4n) is 1.28. The minimum atomic E-state index is -0.363. The van der Waals surface area contributed by atoms with E-state index in [0.717, 1.165) is 0 Å². The molecule has 18 heavy (non-hydrogen) atoms. The zero-order valence-electron chi connectivity index (χ0n) is 9.51. The topological polar surface area (TPSA) is 79.8 Å². The monoisotopic (exact) mass is 263 g/mol. The molecule has 2 rings (SSSR count). The number of halogens is 1. The average molecular weight is 264 g/mol. The summed E-state index contributed by atoms with van der Waals surface area (Å²) in [4.78, 5) is 23.7. The predicted octanol–water partition coefficient (Wildman–Crippen LogP) is 1.82. The highest BCUT2D eigenvalue weighted by Crippen LogP contribution is 2.19. The molecule has 0 atom stereocenters. The molecule has 0 aliphatic rings. The second-order valence-corrected chi connectivity index (χ2v) is 3.74. The lowest BCUT2D eigenvalue weighted by Crippen LogP contribution is -2.14. The van der Waals surface area contributed by atoms with Crippen molar-refractivity contribution in [1.82, 2.24) is 15.0 Å². The van der Waals surface area contributed by atoms with Gasteiger partial charge in [0.15, 0.2) is 0 Å². The third kappa shape index (κ3) is 2.72. The lowest BCUT2D eigenvalue weighted by atomic mass is 10.2. The van der Waals surface area contributed by atoms with E-state index in [2.05, 4.69) is 25.6 Å². The van der Waals surface area contributed by atoms with E-state index in [1.165, 1.54) is 24.7 Å². The average Bonchev–Trinajstić information content (AvgIpc) is 2.39. The number of carbonyl (C=O) groups is 1. The summed E-state index contributed by atoms with van der Waals surface area (Å²) in [6, 6.07) is 3.19. The van der Waals surface area contributed by atoms with E-state index < -0.39 is 0 Å². The summed E-state index contributed by atoms with van der Waals surface area (Å²) in [5, 5.41) is 5.73. The Hall–Kier alpha value is -2.21. The Morgan fingerprint density at radius 2 is 2.00 bits per heavy atom. The Bertz CT molecular complexity index is 561. The predicted molar refractivity (Wildman–Crippen MR) is 68.8 cm³/mol. The lowest BCUT2D eigenvalue weighted by Gasteiger charge is -2.05. The van der Waals surface area contributed by atoms with Crippen LogP contribution < -0.4 is 10.6 Å². The smallest absolute Gasteiger partial charge is 0.259 e. The normalized spacial score (nSPS) is 9.89. The number of nitrogens with zero attached hydrogens (tertiary/aromatic N) is 3. The summed E-state index contributed by atoms with van der Waals surface area (Å²) in [5.41, 5.74) is 0.339. The van der Waals surface area contributed by atoms with Crippen LogP contribution in [0.5, 0.6) is 0 Å². The van der Waals surface area contributed by atoms with E-state index in [4.69, 9.17) is 11.6 Å². The molecule has 6 nitrogen and oxygen atoms in total. The van der Waals surface area contributed by atoms with Crippen LogP contribution in [-0.4, -0.2) is 27.9 Å². The van der Waals surface area contributed by atoms with Gasteiger partial charge in [0.1, 0.15) is 5.82 Å². The first kappa shape index (κ1) is 12.3. The van der Waals surface area contributed by atoms with Gasteiger partial charge in [0, 0.05) is 25.6 Å². The van der Waals surface area contributed by atoms with Crippen molar-refractivity contribution in [3.8, 4) is 0 Å². The second kappa shape index (κ2) is 5.42. The van der Waals surface area contributed by atoms with Crippen LogP contribution in [-0.2, 0) is 0 Å². The number of hydrogen-bond donors (Lipinski definition) is 2. The highest BCUT2D eigenvalue weighted by Gasteiger charge is 2.10. The molecule has 0 saturated carbocycles. The van der Waals surface area contributed by atoms with Gasteiger partial charge in [-0.05, 0) is 12.1 Å². The molecule has 0 aromatic carbocycles. The summed E-state index contributed by atoms with van der Waals surface area (Å²) in [6.45, 7) is 0. The van der Waals surface area contributed by atoms with Crippen molar-refractivity contribution in [3.63, 3.8) is 0 Å². The van der Waals surface area contributed by atoms with Crippen LogP contribution in [0, 0.1) is 0 Å². The van der Waals surface area contributed by atoms with Gasteiger partial charge in [-0.15, -0.1) is 0 Å². The second-order valence-electron chi connectivity index (χ2n) is 3.33. The Labute approximate surface area is 108 Å². The molecule has 0 spiro atoms. The van der Waals surface area contributed by atoms with Gasteiger partial charge in [-0.2, -0.15) is 0 Å². The minimum absolute atomic E-state index is 0.233. The number of rotatable bonds is 3. The highest BCUT2D eigenvalue weighted by molar-refractivity contribution is 6.33. The zero-order valence-corrected chi connectivity index (χ0v) is 10.3. The summed E-state index contributed by atoms with van der Waals surface area (Å²) in [5.74, 6) is 0.388. The maximum atomic E-state index is 11.9. The number of nitrogens with one attached hydrogen (secondary N) is 2. The maximum absolute atomic E-state index is 11.9. The minimum Gasteiger partial charge on any atom is -0.372 e. The summed E-state index contributed by atoms with van der Waals surface area (Å²) < 4.78 is 0. The van der Waals surface area contributed by atoms with E-state index in [9.17, 15) is 4.79 Å². The van der Waals surface area contributed by atoms with Crippen molar-refractivity contribution in [3.05, 3.63) is 41.3 Å². The van der Waals surface area contributed by atoms with E-state index in [0.29, 0.717) is 16.4 Å². The molecule has 0 bridgehead atoms. The van der Waals surface area contributed by atoms with Crippen LogP contribution in [0.3, 0.4) is 0 Å². The van der Waals surface area contributed by atoms with Gasteiger partial charge in [0.2, 0.25) is 5.95 Å². The van der Waals surface area contributed by atoms with Gasteiger partial charge < -0.3 is 5.32 Å². The zero-order chi connectivity index (χ0) is 13.0. The van der Waals surface area contributed by atoms with Gasteiger partial charge in [0.25, 0.3) is 5.91 Å². The molecule has 0 aliphatic heterocycles. The van der Waals surface area contributed by atoms with Crippen LogP contribution in [0.2, 0.25) is 5.02 Å². The van der Waals surface area contributed by atoms with Gasteiger partial charge in [-0.1, -0.05) is 11.6 Å². The number of aromatic nitrogens is 3. The molecule has 2 aromatic heterocycles. The fraction of sp³-hybridized carbons (Fsp3) is 0.0909. The van der Waals surface area contributed by atoms with Crippen LogP contribution in [0.25, 0.3) is 0 Å². The number of hydrogen-bond acceptors (Lipinski definition) is 5. The van der Waals surface area contributed by atoms with Crippen LogP contribution in [0.15, 0.2) is 30.7 Å². The third-order valence-corrected chi connectivity index (χ3v) is 2.42. The molecule has 0 radical (unpaired) electrons. The van der Waals surface area contributed by atoms with Gasteiger partial charge in [-0.25, -0.2) is 15.0 Å². The van der Waals surface area contributed by atoms with E-state index >= 15 is 0 Å². The van der Waals surface area contributed by atoms with Crippen LogP contribution in [0.4, 0.5) is 11.8 Å². The molecule has 0 fully saturated rings. The standard InChI is InChI=1S/C11H10ClN5O/c1-13-9-8(12)5-7(6-16-9)10(18)17-11-14-3-2-4-15-11/h2-6H,1H3,(H,13,16)(H,14,15,17,18). The highest BCUT2D eigenvalue weighted by atomic mass is 35.5. The van der Waals surface area contributed by atoms with Gasteiger partial charge in [0.05, 0.1) is 10.6 Å². The number of amides is 1. The van der Waals surface area contributed by atoms with Crippen molar-refractivity contribution in [2.45, 2.75) is 0 Å². The Morgan fingerprint density at radius 3 is 2.61 bits per heavy atom. The molecule has 7 heteroatoms. The molecule has 2 heterocycles.